The summed E-state index contributed by atoms with van der Waals surface area (Å²) in [7, 11) is 0. The molecule has 5 nitrogen and oxygen atoms in total. The molecule has 0 N–H and O–H groups in total. The van der Waals surface area contributed by atoms with Crippen molar-refractivity contribution in [2.45, 2.75) is 6.42 Å². The van der Waals surface area contributed by atoms with Crippen molar-refractivity contribution in [1.82, 2.24) is 0 Å². The van der Waals surface area contributed by atoms with Crippen molar-refractivity contribution in [3.63, 3.8) is 0 Å². The summed E-state index contributed by atoms with van der Waals surface area (Å²) in [6, 6.07) is 20.6. The van der Waals surface area contributed by atoms with Gasteiger partial charge in [0.25, 0.3) is 0 Å². The van der Waals surface area contributed by atoms with Gasteiger partial charge in [-0.25, -0.2) is 4.79 Å². The number of hydrogen-bond acceptors (Lipinski definition) is 5. The Balaban J connectivity index is 1.55. The molecule has 0 aliphatic heterocycles. The van der Waals surface area contributed by atoms with E-state index in [9.17, 15) is 9.59 Å². The van der Waals surface area contributed by atoms with Crippen LogP contribution in [0.1, 0.15) is 26.3 Å². The van der Waals surface area contributed by atoms with Crippen molar-refractivity contribution in [2.24, 2.45) is 0 Å². The minimum atomic E-state index is -0.470. The van der Waals surface area contributed by atoms with E-state index in [2.05, 4.69) is 13.2 Å². The molecule has 0 amide bonds. The lowest BCUT2D eigenvalue weighted by Crippen LogP contribution is -2.08. The average Bonchev–Trinajstić information content (AvgIpc) is 2.83. The van der Waals surface area contributed by atoms with E-state index in [4.69, 9.17) is 14.2 Å². The Labute approximate surface area is 187 Å². The molecule has 0 heterocycles. The molecule has 0 aromatic heterocycles. The highest BCUT2D eigenvalue weighted by molar-refractivity contribution is 5.97. The van der Waals surface area contributed by atoms with Gasteiger partial charge in [-0.05, 0) is 66.2 Å². The van der Waals surface area contributed by atoms with Crippen LogP contribution in [-0.2, 0) is 6.42 Å². The first-order valence-electron chi connectivity index (χ1n) is 10.1. The summed E-state index contributed by atoms with van der Waals surface area (Å²) in [6.45, 7) is 8.01. The Bertz CT molecular complexity index is 976. The van der Waals surface area contributed by atoms with Crippen LogP contribution in [0.25, 0.3) is 0 Å². The van der Waals surface area contributed by atoms with Crippen molar-refractivity contribution in [1.29, 1.82) is 0 Å². The number of ketones is 1. The van der Waals surface area contributed by atoms with E-state index in [0.717, 1.165) is 5.56 Å². The Morgan fingerprint density at radius 3 is 1.62 bits per heavy atom. The maximum atomic E-state index is 12.5. The van der Waals surface area contributed by atoms with Crippen LogP contribution in [0.2, 0.25) is 0 Å². The lowest BCUT2D eigenvalue weighted by Gasteiger charge is -2.08. The molecule has 5 heteroatoms. The maximum absolute atomic E-state index is 12.5. The molecule has 0 radical (unpaired) electrons. The lowest BCUT2D eigenvalue weighted by molar-refractivity contribution is 0.0734. The fourth-order valence-corrected chi connectivity index (χ4v) is 2.86. The van der Waals surface area contributed by atoms with Gasteiger partial charge in [0.15, 0.2) is 5.78 Å². The molecule has 0 saturated heterocycles. The minimum Gasteiger partial charge on any atom is -0.490 e. The summed E-state index contributed by atoms with van der Waals surface area (Å²) in [4.78, 5) is 24.9. The highest BCUT2D eigenvalue weighted by Crippen LogP contribution is 2.19. The lowest BCUT2D eigenvalue weighted by atomic mass is 10.0. The first-order chi connectivity index (χ1) is 15.6. The zero-order chi connectivity index (χ0) is 22.8. The molecule has 162 valence electrons. The molecule has 0 atom stereocenters. The second-order valence-corrected chi connectivity index (χ2v) is 6.88. The fourth-order valence-electron chi connectivity index (χ4n) is 2.86. The SMILES string of the molecule is C=CCOc1ccc(C(=O)Cc2ccc(OC(=O)c3ccc(OCC=C)cc3)cc2)cc1. The summed E-state index contributed by atoms with van der Waals surface area (Å²) >= 11 is 0. The largest absolute Gasteiger partial charge is 0.490 e. The van der Waals surface area contributed by atoms with Gasteiger partial charge in [0, 0.05) is 12.0 Å². The zero-order valence-electron chi connectivity index (χ0n) is 17.7. The number of Topliss-reactive ketones (excluding diaryl/α,β-unsaturated/α-hetero) is 1. The highest BCUT2D eigenvalue weighted by Gasteiger charge is 2.11. The summed E-state index contributed by atoms with van der Waals surface area (Å²) in [5.74, 6) is 1.26. The van der Waals surface area contributed by atoms with Gasteiger partial charge in [-0.3, -0.25) is 4.79 Å². The van der Waals surface area contributed by atoms with Crippen LogP contribution in [-0.4, -0.2) is 25.0 Å². The number of esters is 1. The first-order valence-corrected chi connectivity index (χ1v) is 10.1. The van der Waals surface area contributed by atoms with Gasteiger partial charge in [-0.1, -0.05) is 37.4 Å². The molecule has 0 fully saturated rings. The number of carbonyl (C=O) groups excluding carboxylic acids is 2. The second-order valence-electron chi connectivity index (χ2n) is 6.88. The van der Waals surface area contributed by atoms with Gasteiger partial charge >= 0.3 is 5.97 Å². The predicted octanol–water partition coefficient (Wildman–Crippen LogP) is 5.46. The molecule has 0 aliphatic rings. The van der Waals surface area contributed by atoms with Gasteiger partial charge in [0.1, 0.15) is 30.5 Å². The predicted molar refractivity (Wildman–Crippen MR) is 124 cm³/mol. The summed E-state index contributed by atoms with van der Waals surface area (Å²) < 4.78 is 16.2. The van der Waals surface area contributed by atoms with Crippen LogP contribution in [0, 0.1) is 0 Å². The molecular formula is C27H24O5. The molecule has 3 rings (SSSR count). The Hall–Kier alpha value is -4.12. The van der Waals surface area contributed by atoms with Crippen molar-refractivity contribution in [3.8, 4) is 17.2 Å². The number of rotatable bonds is 11. The zero-order valence-corrected chi connectivity index (χ0v) is 17.7. The van der Waals surface area contributed by atoms with Crippen molar-refractivity contribution >= 4 is 11.8 Å². The van der Waals surface area contributed by atoms with Gasteiger partial charge in [-0.15, -0.1) is 0 Å². The van der Waals surface area contributed by atoms with E-state index in [0.29, 0.717) is 41.6 Å². The van der Waals surface area contributed by atoms with Crippen LogP contribution in [0.3, 0.4) is 0 Å². The van der Waals surface area contributed by atoms with E-state index in [1.807, 2.05) is 0 Å². The van der Waals surface area contributed by atoms with E-state index in [1.54, 1.807) is 84.9 Å². The van der Waals surface area contributed by atoms with Gasteiger partial charge in [-0.2, -0.15) is 0 Å². The molecule has 0 bridgehead atoms. The number of hydrogen-bond donors (Lipinski definition) is 0. The summed E-state index contributed by atoms with van der Waals surface area (Å²) in [5, 5.41) is 0. The highest BCUT2D eigenvalue weighted by atomic mass is 16.5. The standard InChI is InChI=1S/C27H24O5/c1-3-17-30-23-13-7-21(8-14-23)26(28)19-20-5-11-25(12-6-20)32-27(29)22-9-15-24(16-10-22)31-18-4-2/h3-16H,1-2,17-19H2. The third kappa shape index (κ3) is 6.44. The van der Waals surface area contributed by atoms with E-state index in [-0.39, 0.29) is 12.2 Å². The minimum absolute atomic E-state index is 0.0104. The first kappa shape index (κ1) is 22.6. The fraction of sp³-hybridized carbons (Fsp3) is 0.111. The molecule has 0 unspecified atom stereocenters. The molecule has 32 heavy (non-hydrogen) atoms. The van der Waals surface area contributed by atoms with Crippen LogP contribution in [0.5, 0.6) is 17.2 Å². The average molecular weight is 428 g/mol. The monoisotopic (exact) mass is 428 g/mol. The second kappa shape index (κ2) is 11.3. The van der Waals surface area contributed by atoms with Gasteiger partial charge in [0.2, 0.25) is 0 Å². The van der Waals surface area contributed by atoms with Crippen LogP contribution in [0.4, 0.5) is 0 Å². The van der Waals surface area contributed by atoms with Gasteiger partial charge < -0.3 is 14.2 Å². The number of ether oxygens (including phenoxy) is 3. The third-order valence-corrected chi connectivity index (χ3v) is 4.50. The van der Waals surface area contributed by atoms with E-state index >= 15 is 0 Å². The van der Waals surface area contributed by atoms with Crippen molar-refractivity contribution < 1.29 is 23.8 Å². The maximum Gasteiger partial charge on any atom is 0.343 e. The Morgan fingerprint density at radius 1 is 0.656 bits per heavy atom. The third-order valence-electron chi connectivity index (χ3n) is 4.50. The quantitative estimate of drug-likeness (QED) is 0.176. The molecule has 3 aromatic carbocycles. The van der Waals surface area contributed by atoms with E-state index < -0.39 is 5.97 Å². The van der Waals surface area contributed by atoms with Crippen molar-refractivity contribution in [2.75, 3.05) is 13.2 Å². The van der Waals surface area contributed by atoms with Crippen LogP contribution < -0.4 is 14.2 Å². The number of benzene rings is 3. The topological polar surface area (TPSA) is 61.8 Å². The Morgan fingerprint density at radius 2 is 1.12 bits per heavy atom. The van der Waals surface area contributed by atoms with E-state index in [1.165, 1.54) is 0 Å². The van der Waals surface area contributed by atoms with Gasteiger partial charge in [0.05, 0.1) is 5.56 Å². The van der Waals surface area contributed by atoms with Crippen LogP contribution in [0.15, 0.2) is 98.1 Å². The molecular weight excluding hydrogens is 404 g/mol. The van der Waals surface area contributed by atoms with Crippen LogP contribution >= 0.6 is 0 Å². The summed E-state index contributed by atoms with van der Waals surface area (Å²) in [5.41, 5.74) is 1.84. The molecule has 0 spiro atoms. The Kier molecular flexibility index (Phi) is 7.98. The molecule has 0 saturated carbocycles. The number of carbonyl (C=O) groups is 2. The molecule has 3 aromatic rings. The van der Waals surface area contributed by atoms with Crippen molar-refractivity contribution in [3.05, 3.63) is 115 Å². The normalized spacial score (nSPS) is 10.1. The molecule has 0 aliphatic carbocycles. The summed E-state index contributed by atoms with van der Waals surface area (Å²) in [6.07, 6.45) is 3.55. The smallest absolute Gasteiger partial charge is 0.343 e.